The maximum absolute atomic E-state index is 10.8. The molecule has 6 nitrogen and oxygen atoms in total. The van der Waals surface area contributed by atoms with E-state index in [-0.39, 0.29) is 22.8 Å². The molecule has 0 amide bonds. The van der Waals surface area contributed by atoms with Gasteiger partial charge in [-0.05, 0) is 24.1 Å². The number of anilines is 1. The van der Waals surface area contributed by atoms with Gasteiger partial charge in [0.25, 0.3) is 0 Å². The minimum Gasteiger partial charge on any atom is -0.478 e. The topological polar surface area (TPSA) is 121 Å². The number of hydrogen-bond acceptors (Lipinski definition) is 6. The third kappa shape index (κ3) is 4.52. The van der Waals surface area contributed by atoms with Crippen molar-refractivity contribution in [1.82, 2.24) is 0 Å². The van der Waals surface area contributed by atoms with Gasteiger partial charge in [-0.25, -0.2) is 4.79 Å². The maximum Gasteiger partial charge on any atom is 0.337 e. The van der Waals surface area contributed by atoms with E-state index in [1.165, 1.54) is 25.1 Å². The molecule has 0 saturated heterocycles. The molecule has 2 unspecified atom stereocenters. The van der Waals surface area contributed by atoms with Crippen LogP contribution in [-0.2, 0) is 4.79 Å². The van der Waals surface area contributed by atoms with Crippen molar-refractivity contribution in [2.24, 2.45) is 0 Å². The first kappa shape index (κ1) is 16.5. The standard InChI is InChI=1S/C13H17NO5S/c1-7(15)20-5-4-11(16)12(17)8-2-3-9(13(18)19)10(14)6-8/h2-3,6,11-12,16-17H,4-5,14H2,1H3,(H,18,19). The van der Waals surface area contributed by atoms with Crippen LogP contribution < -0.4 is 5.73 Å². The van der Waals surface area contributed by atoms with E-state index in [1.54, 1.807) is 0 Å². The van der Waals surface area contributed by atoms with Crippen molar-refractivity contribution in [3.8, 4) is 0 Å². The lowest BCUT2D eigenvalue weighted by molar-refractivity contribution is -0.109. The van der Waals surface area contributed by atoms with Gasteiger partial charge in [0.05, 0.1) is 11.7 Å². The smallest absolute Gasteiger partial charge is 0.337 e. The van der Waals surface area contributed by atoms with Crippen LogP contribution >= 0.6 is 11.8 Å². The molecule has 0 bridgehead atoms. The van der Waals surface area contributed by atoms with Crippen molar-refractivity contribution >= 4 is 28.5 Å². The fourth-order valence-electron chi connectivity index (χ4n) is 1.66. The molecule has 0 fully saturated rings. The highest BCUT2D eigenvalue weighted by atomic mass is 32.2. The first-order chi connectivity index (χ1) is 9.32. The van der Waals surface area contributed by atoms with Crippen molar-refractivity contribution in [3.05, 3.63) is 29.3 Å². The number of carbonyl (C=O) groups is 2. The minimum atomic E-state index is -1.17. The van der Waals surface area contributed by atoms with Crippen LogP contribution in [0.2, 0.25) is 0 Å². The van der Waals surface area contributed by atoms with Crippen LogP contribution in [0.25, 0.3) is 0 Å². The summed E-state index contributed by atoms with van der Waals surface area (Å²) in [6.07, 6.45) is -1.98. The number of aliphatic hydroxyl groups is 2. The maximum atomic E-state index is 10.8. The second-order valence-corrected chi connectivity index (χ2v) is 5.56. The fourth-order valence-corrected chi connectivity index (χ4v) is 2.31. The SMILES string of the molecule is CC(=O)SCCC(O)C(O)c1ccc(C(=O)O)c(N)c1. The molecule has 20 heavy (non-hydrogen) atoms. The number of thioether (sulfide) groups is 1. The van der Waals surface area contributed by atoms with Crippen LogP contribution in [0.15, 0.2) is 18.2 Å². The second-order valence-electron chi connectivity index (χ2n) is 4.29. The summed E-state index contributed by atoms with van der Waals surface area (Å²) in [6.45, 7) is 1.43. The van der Waals surface area contributed by atoms with Crippen LogP contribution in [0, 0.1) is 0 Å². The predicted molar refractivity (Wildman–Crippen MR) is 76.5 cm³/mol. The van der Waals surface area contributed by atoms with Gasteiger partial charge in [0.2, 0.25) is 0 Å². The molecule has 0 heterocycles. The van der Waals surface area contributed by atoms with Gasteiger partial charge in [-0.3, -0.25) is 4.79 Å². The number of nitrogen functional groups attached to an aromatic ring is 1. The summed E-state index contributed by atoms with van der Waals surface area (Å²) < 4.78 is 0. The van der Waals surface area contributed by atoms with Crippen molar-refractivity contribution in [1.29, 1.82) is 0 Å². The Morgan fingerprint density at radius 2 is 2.00 bits per heavy atom. The number of nitrogens with two attached hydrogens (primary N) is 1. The second kappa shape index (κ2) is 7.28. The van der Waals surface area contributed by atoms with E-state index >= 15 is 0 Å². The molecule has 0 aromatic heterocycles. The Hall–Kier alpha value is -1.57. The van der Waals surface area contributed by atoms with Gasteiger partial charge in [0.15, 0.2) is 5.12 Å². The summed E-state index contributed by atoms with van der Waals surface area (Å²) >= 11 is 1.07. The Morgan fingerprint density at radius 3 is 2.50 bits per heavy atom. The molecule has 1 aromatic carbocycles. The third-order valence-corrected chi connectivity index (χ3v) is 3.58. The number of carbonyl (C=O) groups excluding carboxylic acids is 1. The molecule has 5 N–H and O–H groups in total. The van der Waals surface area contributed by atoms with Gasteiger partial charge in [0, 0.05) is 18.4 Å². The van der Waals surface area contributed by atoms with Gasteiger partial charge in [0.1, 0.15) is 6.10 Å². The Labute approximate surface area is 120 Å². The highest BCUT2D eigenvalue weighted by molar-refractivity contribution is 8.13. The van der Waals surface area contributed by atoms with E-state index in [4.69, 9.17) is 10.8 Å². The summed E-state index contributed by atoms with van der Waals surface area (Å²) in [5.74, 6) is -0.752. The molecule has 0 aliphatic rings. The minimum absolute atomic E-state index is 0.0272. The lowest BCUT2D eigenvalue weighted by Gasteiger charge is -2.18. The molecule has 1 aromatic rings. The lowest BCUT2D eigenvalue weighted by atomic mass is 10.00. The zero-order valence-corrected chi connectivity index (χ0v) is 11.8. The molecular weight excluding hydrogens is 282 g/mol. The summed E-state index contributed by atoms with van der Waals surface area (Å²) in [6, 6.07) is 4.02. The molecule has 0 aliphatic carbocycles. The highest BCUT2D eigenvalue weighted by Gasteiger charge is 2.20. The zero-order chi connectivity index (χ0) is 15.3. The number of benzene rings is 1. The van der Waals surface area contributed by atoms with E-state index in [9.17, 15) is 19.8 Å². The average molecular weight is 299 g/mol. The quantitative estimate of drug-likeness (QED) is 0.579. The zero-order valence-electron chi connectivity index (χ0n) is 10.9. The molecule has 0 radical (unpaired) electrons. The van der Waals surface area contributed by atoms with Crippen molar-refractivity contribution in [2.45, 2.75) is 25.6 Å². The number of hydrogen-bond donors (Lipinski definition) is 4. The molecule has 0 aliphatic heterocycles. The van der Waals surface area contributed by atoms with Gasteiger partial charge >= 0.3 is 5.97 Å². The molecular formula is C13H17NO5S. The fraction of sp³-hybridized carbons (Fsp3) is 0.385. The molecule has 110 valence electrons. The van der Waals surface area contributed by atoms with Crippen LogP contribution in [0.3, 0.4) is 0 Å². The Balaban J connectivity index is 2.71. The molecule has 2 atom stereocenters. The number of aliphatic hydroxyl groups excluding tert-OH is 2. The van der Waals surface area contributed by atoms with Gasteiger partial charge < -0.3 is 21.1 Å². The molecule has 7 heteroatoms. The number of aromatic carboxylic acids is 1. The number of rotatable bonds is 6. The van der Waals surface area contributed by atoms with Crippen LogP contribution in [0.4, 0.5) is 5.69 Å². The number of carboxylic acid groups (broad SMARTS) is 1. The lowest BCUT2D eigenvalue weighted by Crippen LogP contribution is -2.19. The van der Waals surface area contributed by atoms with E-state index in [0.717, 1.165) is 11.8 Å². The van der Waals surface area contributed by atoms with Crippen LogP contribution in [0.5, 0.6) is 0 Å². The van der Waals surface area contributed by atoms with Crippen molar-refractivity contribution < 1.29 is 24.9 Å². The van der Waals surface area contributed by atoms with Gasteiger partial charge in [-0.1, -0.05) is 17.8 Å². The van der Waals surface area contributed by atoms with E-state index in [0.29, 0.717) is 11.3 Å². The third-order valence-electron chi connectivity index (χ3n) is 2.73. The van der Waals surface area contributed by atoms with E-state index < -0.39 is 18.2 Å². The van der Waals surface area contributed by atoms with Crippen molar-refractivity contribution in [2.75, 3.05) is 11.5 Å². The summed E-state index contributed by atoms with van der Waals surface area (Å²) in [5, 5.41) is 28.6. The van der Waals surface area contributed by atoms with Gasteiger partial charge in [-0.15, -0.1) is 0 Å². The summed E-state index contributed by atoms with van der Waals surface area (Å²) in [5.41, 5.74) is 5.89. The Bertz CT molecular complexity index is 506. The highest BCUT2D eigenvalue weighted by Crippen LogP contribution is 2.24. The first-order valence-electron chi connectivity index (χ1n) is 5.95. The van der Waals surface area contributed by atoms with Gasteiger partial charge in [-0.2, -0.15) is 0 Å². The number of carboxylic acids is 1. The summed E-state index contributed by atoms with van der Waals surface area (Å²) in [4.78, 5) is 21.6. The summed E-state index contributed by atoms with van der Waals surface area (Å²) in [7, 11) is 0. The Kier molecular flexibility index (Phi) is 6.00. The Morgan fingerprint density at radius 1 is 1.35 bits per heavy atom. The van der Waals surface area contributed by atoms with Crippen LogP contribution in [-0.4, -0.2) is 38.3 Å². The normalized spacial score (nSPS) is 13.8. The first-order valence-corrected chi connectivity index (χ1v) is 6.93. The van der Waals surface area contributed by atoms with E-state index in [2.05, 4.69) is 0 Å². The van der Waals surface area contributed by atoms with Crippen LogP contribution in [0.1, 0.15) is 35.4 Å². The molecule has 1 rings (SSSR count). The molecule has 0 spiro atoms. The molecule has 0 saturated carbocycles. The average Bonchev–Trinajstić information content (AvgIpc) is 2.36. The monoisotopic (exact) mass is 299 g/mol. The largest absolute Gasteiger partial charge is 0.478 e. The predicted octanol–water partition coefficient (Wildman–Crippen LogP) is 1.03. The van der Waals surface area contributed by atoms with Crippen molar-refractivity contribution in [3.63, 3.8) is 0 Å². The van der Waals surface area contributed by atoms with E-state index in [1.807, 2.05) is 0 Å².